The van der Waals surface area contributed by atoms with Crippen molar-refractivity contribution in [2.45, 2.75) is 31.7 Å². The van der Waals surface area contributed by atoms with Crippen LogP contribution in [0.25, 0.3) is 11.1 Å². The van der Waals surface area contributed by atoms with E-state index in [9.17, 15) is 14.7 Å². The largest absolute Gasteiger partial charge is 0.479 e. The van der Waals surface area contributed by atoms with E-state index in [1.165, 1.54) is 0 Å². The molecule has 1 aliphatic rings. The summed E-state index contributed by atoms with van der Waals surface area (Å²) < 4.78 is 5.24. The highest BCUT2D eigenvalue weighted by Crippen LogP contribution is 2.40. The molecule has 0 unspecified atom stereocenters. The lowest BCUT2D eigenvalue weighted by Crippen LogP contribution is -2.34. The average molecular weight is 351 g/mol. The second-order valence-corrected chi connectivity index (χ2v) is 6.47. The summed E-state index contributed by atoms with van der Waals surface area (Å²) in [5.74, 6) is -1.29. The van der Waals surface area contributed by atoms with Gasteiger partial charge >= 0.3 is 5.97 Å². The Morgan fingerprint density at radius 3 is 2.65 bits per heavy atom. The van der Waals surface area contributed by atoms with Gasteiger partial charge in [-0.05, 0) is 31.4 Å². The molecule has 0 bridgehead atoms. The molecule has 2 aromatic heterocycles. The van der Waals surface area contributed by atoms with E-state index < -0.39 is 17.9 Å². The van der Waals surface area contributed by atoms with Crippen molar-refractivity contribution in [1.29, 1.82) is 0 Å². The van der Waals surface area contributed by atoms with E-state index in [-0.39, 0.29) is 0 Å². The van der Waals surface area contributed by atoms with Crippen molar-refractivity contribution >= 4 is 23.0 Å². The van der Waals surface area contributed by atoms with Crippen molar-refractivity contribution in [3.63, 3.8) is 0 Å². The maximum Gasteiger partial charge on any atom is 0.330 e. The van der Waals surface area contributed by atoms with Crippen LogP contribution in [0, 0.1) is 6.92 Å². The van der Waals surface area contributed by atoms with Crippen LogP contribution in [0.2, 0.25) is 0 Å². The van der Waals surface area contributed by atoms with Gasteiger partial charge in [0, 0.05) is 11.6 Å². The Labute approximate surface area is 149 Å². The number of pyridine rings is 1. The number of carbonyl (C=O) groups is 2. The fourth-order valence-electron chi connectivity index (χ4n) is 3.02. The standard InChI is InChI=1S/C19H17N3O4/c1-10-15-13(9-14(11-7-8-11)20-18(15)26-22-10)17(23)21-16(19(24)25)12-5-3-2-4-6-12/h2-6,9,11,16H,7-8H2,1H3,(H,21,23)(H,24,25)/t16-/m0/s1. The first kappa shape index (κ1) is 16.3. The number of nitrogens with zero attached hydrogens (tertiary/aromatic N) is 2. The van der Waals surface area contributed by atoms with E-state index in [0.717, 1.165) is 18.5 Å². The lowest BCUT2D eigenvalue weighted by atomic mass is 10.0. The molecule has 132 valence electrons. The van der Waals surface area contributed by atoms with E-state index >= 15 is 0 Å². The Hall–Kier alpha value is -3.22. The molecule has 2 N–H and O–H groups in total. The molecule has 1 aromatic carbocycles. The number of benzene rings is 1. The molecule has 4 rings (SSSR count). The molecule has 0 saturated heterocycles. The number of carbonyl (C=O) groups excluding carboxylic acids is 1. The number of fused-ring (bicyclic) bond motifs is 1. The fraction of sp³-hybridized carbons (Fsp3) is 0.263. The summed E-state index contributed by atoms with van der Waals surface area (Å²) in [5, 5.41) is 16.6. The van der Waals surface area contributed by atoms with Gasteiger partial charge in [-0.3, -0.25) is 4.79 Å². The number of aryl methyl sites for hydroxylation is 1. The van der Waals surface area contributed by atoms with E-state index in [1.807, 2.05) is 0 Å². The topological polar surface area (TPSA) is 105 Å². The van der Waals surface area contributed by atoms with Crippen LogP contribution in [0.5, 0.6) is 0 Å². The SMILES string of the molecule is Cc1noc2nc(C3CC3)cc(C(=O)N[C@H](C(=O)O)c3ccccc3)c12. The molecular weight excluding hydrogens is 334 g/mol. The number of hydrogen-bond acceptors (Lipinski definition) is 5. The van der Waals surface area contributed by atoms with Gasteiger partial charge in [-0.1, -0.05) is 35.5 Å². The van der Waals surface area contributed by atoms with Gasteiger partial charge in [-0.25, -0.2) is 9.78 Å². The molecule has 0 spiro atoms. The van der Waals surface area contributed by atoms with Gasteiger partial charge in [0.05, 0.1) is 16.6 Å². The number of rotatable bonds is 5. The Balaban J connectivity index is 1.73. The highest BCUT2D eigenvalue weighted by atomic mass is 16.5. The lowest BCUT2D eigenvalue weighted by Gasteiger charge is -2.15. The molecule has 1 fully saturated rings. The molecule has 2 heterocycles. The van der Waals surface area contributed by atoms with Crippen LogP contribution in [0.15, 0.2) is 40.9 Å². The van der Waals surface area contributed by atoms with E-state index in [0.29, 0.717) is 33.8 Å². The van der Waals surface area contributed by atoms with Crippen LogP contribution in [0.4, 0.5) is 0 Å². The Kier molecular flexibility index (Phi) is 3.91. The maximum absolute atomic E-state index is 12.9. The zero-order valence-corrected chi connectivity index (χ0v) is 14.1. The van der Waals surface area contributed by atoms with Gasteiger partial charge in [0.1, 0.15) is 0 Å². The van der Waals surface area contributed by atoms with Crippen molar-refractivity contribution in [3.05, 3.63) is 58.9 Å². The minimum atomic E-state index is -1.14. The van der Waals surface area contributed by atoms with Crippen molar-refractivity contribution in [2.75, 3.05) is 0 Å². The molecule has 26 heavy (non-hydrogen) atoms. The second kappa shape index (κ2) is 6.25. The third-order valence-electron chi connectivity index (χ3n) is 4.53. The van der Waals surface area contributed by atoms with Crippen LogP contribution < -0.4 is 5.32 Å². The summed E-state index contributed by atoms with van der Waals surface area (Å²) in [6.45, 7) is 1.73. The van der Waals surface area contributed by atoms with Gasteiger partial charge in [0.15, 0.2) is 6.04 Å². The predicted octanol–water partition coefficient (Wildman–Crippen LogP) is 2.96. The Morgan fingerprint density at radius 1 is 1.27 bits per heavy atom. The van der Waals surface area contributed by atoms with Crippen molar-refractivity contribution in [2.24, 2.45) is 0 Å². The quantitative estimate of drug-likeness (QED) is 0.732. The summed E-state index contributed by atoms with van der Waals surface area (Å²) in [4.78, 5) is 29.0. The first-order valence-corrected chi connectivity index (χ1v) is 8.40. The average Bonchev–Trinajstić information content (AvgIpc) is 3.43. The number of carboxylic acids is 1. The fourth-order valence-corrected chi connectivity index (χ4v) is 3.02. The number of aliphatic carboxylic acids is 1. The summed E-state index contributed by atoms with van der Waals surface area (Å²) in [6.07, 6.45) is 2.04. The zero-order valence-electron chi connectivity index (χ0n) is 14.1. The first-order chi connectivity index (χ1) is 12.5. The molecule has 1 saturated carbocycles. The van der Waals surface area contributed by atoms with Crippen LogP contribution in [-0.2, 0) is 4.79 Å². The number of hydrogen-bond donors (Lipinski definition) is 2. The van der Waals surface area contributed by atoms with Crippen molar-refractivity contribution in [3.8, 4) is 0 Å². The van der Waals surface area contributed by atoms with Gasteiger partial charge in [0.2, 0.25) is 0 Å². The molecule has 7 heteroatoms. The molecule has 7 nitrogen and oxygen atoms in total. The second-order valence-electron chi connectivity index (χ2n) is 6.47. The molecule has 1 amide bonds. The normalized spacial score (nSPS) is 15.0. The highest BCUT2D eigenvalue weighted by Gasteiger charge is 2.30. The van der Waals surface area contributed by atoms with Crippen LogP contribution in [0.1, 0.15) is 52.1 Å². The van der Waals surface area contributed by atoms with Gasteiger partial charge in [0.25, 0.3) is 11.6 Å². The van der Waals surface area contributed by atoms with E-state index in [2.05, 4.69) is 15.5 Å². The lowest BCUT2D eigenvalue weighted by molar-refractivity contribution is -0.139. The molecular formula is C19H17N3O4. The van der Waals surface area contributed by atoms with E-state index in [1.54, 1.807) is 43.3 Å². The minimum Gasteiger partial charge on any atom is -0.479 e. The van der Waals surface area contributed by atoms with Crippen LogP contribution in [-0.4, -0.2) is 27.1 Å². The van der Waals surface area contributed by atoms with Crippen molar-refractivity contribution < 1.29 is 19.2 Å². The summed E-state index contributed by atoms with van der Waals surface area (Å²) in [5.41, 5.74) is 2.49. The minimum absolute atomic E-state index is 0.309. The first-order valence-electron chi connectivity index (χ1n) is 8.40. The number of carboxylic acid groups (broad SMARTS) is 1. The molecule has 0 aliphatic heterocycles. The summed E-state index contributed by atoms with van der Waals surface area (Å²) in [7, 11) is 0. The third kappa shape index (κ3) is 2.92. The van der Waals surface area contributed by atoms with E-state index in [4.69, 9.17) is 4.52 Å². The Morgan fingerprint density at radius 2 is 2.00 bits per heavy atom. The molecule has 1 atom stereocenters. The molecule has 0 radical (unpaired) electrons. The molecule has 3 aromatic rings. The zero-order chi connectivity index (χ0) is 18.3. The third-order valence-corrected chi connectivity index (χ3v) is 4.53. The van der Waals surface area contributed by atoms with Crippen LogP contribution >= 0.6 is 0 Å². The monoisotopic (exact) mass is 351 g/mol. The number of aromatic nitrogens is 2. The molecule has 1 aliphatic carbocycles. The maximum atomic E-state index is 12.9. The Bertz CT molecular complexity index is 993. The van der Waals surface area contributed by atoms with Gasteiger partial charge < -0.3 is 14.9 Å². The van der Waals surface area contributed by atoms with Crippen molar-refractivity contribution in [1.82, 2.24) is 15.5 Å². The van der Waals surface area contributed by atoms with Gasteiger partial charge in [-0.15, -0.1) is 0 Å². The predicted molar refractivity (Wildman–Crippen MR) is 92.8 cm³/mol. The number of amides is 1. The smallest absolute Gasteiger partial charge is 0.330 e. The number of nitrogens with one attached hydrogen (secondary N) is 1. The highest BCUT2D eigenvalue weighted by molar-refractivity contribution is 6.07. The summed E-state index contributed by atoms with van der Waals surface area (Å²) in [6, 6.07) is 9.18. The summed E-state index contributed by atoms with van der Waals surface area (Å²) >= 11 is 0. The van der Waals surface area contributed by atoms with Gasteiger partial charge in [-0.2, -0.15) is 0 Å². The van der Waals surface area contributed by atoms with Crippen LogP contribution in [0.3, 0.4) is 0 Å².